The Hall–Kier alpha value is -2.24. The number of piperidine rings is 1. The summed E-state index contributed by atoms with van der Waals surface area (Å²) in [5, 5.41) is 0. The van der Waals surface area contributed by atoms with Gasteiger partial charge in [0.15, 0.2) is 0 Å². The fourth-order valence-electron chi connectivity index (χ4n) is 3.71. The first kappa shape index (κ1) is 18.5. The summed E-state index contributed by atoms with van der Waals surface area (Å²) in [7, 11) is 0. The van der Waals surface area contributed by atoms with Crippen molar-refractivity contribution in [3.05, 3.63) is 35.9 Å². The Kier molecular flexibility index (Phi) is 5.39. The number of hydrogen-bond donors (Lipinski definition) is 0. The summed E-state index contributed by atoms with van der Waals surface area (Å²) < 4.78 is 11.0. The van der Waals surface area contributed by atoms with E-state index in [2.05, 4.69) is 0 Å². The van der Waals surface area contributed by atoms with Crippen molar-refractivity contribution < 1.29 is 19.1 Å². The van der Waals surface area contributed by atoms with Gasteiger partial charge in [0, 0.05) is 25.7 Å². The molecule has 2 aliphatic rings. The van der Waals surface area contributed by atoms with Crippen LogP contribution in [0, 0.1) is 5.92 Å². The predicted octanol–water partition coefficient (Wildman–Crippen LogP) is 3.65. The van der Waals surface area contributed by atoms with Gasteiger partial charge in [0.05, 0.1) is 0 Å². The highest BCUT2D eigenvalue weighted by Gasteiger charge is 2.43. The van der Waals surface area contributed by atoms with Crippen molar-refractivity contribution in [3.8, 4) is 0 Å². The largest absolute Gasteiger partial charge is 0.445 e. The van der Waals surface area contributed by atoms with Crippen LogP contribution in [-0.2, 0) is 16.1 Å². The van der Waals surface area contributed by atoms with Crippen LogP contribution in [0.25, 0.3) is 0 Å². The van der Waals surface area contributed by atoms with Crippen LogP contribution in [0.1, 0.15) is 39.2 Å². The van der Waals surface area contributed by atoms with Crippen LogP contribution >= 0.6 is 0 Å². The van der Waals surface area contributed by atoms with E-state index in [0.717, 1.165) is 18.4 Å². The molecule has 2 aliphatic heterocycles. The summed E-state index contributed by atoms with van der Waals surface area (Å²) in [6.45, 7) is 7.86. The van der Waals surface area contributed by atoms with Crippen LogP contribution in [0.5, 0.6) is 0 Å². The number of benzene rings is 1. The molecule has 2 amide bonds. The third kappa shape index (κ3) is 4.48. The van der Waals surface area contributed by atoms with Gasteiger partial charge < -0.3 is 19.3 Å². The maximum absolute atomic E-state index is 12.4. The summed E-state index contributed by atoms with van der Waals surface area (Å²) in [6, 6.07) is 9.83. The molecule has 0 spiro atoms. The van der Waals surface area contributed by atoms with Crippen molar-refractivity contribution >= 4 is 12.2 Å². The fourth-order valence-corrected chi connectivity index (χ4v) is 3.71. The van der Waals surface area contributed by atoms with Crippen molar-refractivity contribution in [3.63, 3.8) is 0 Å². The number of likely N-dealkylation sites (tertiary alicyclic amines) is 2. The second kappa shape index (κ2) is 7.56. The molecule has 6 heteroatoms. The number of ether oxygens (including phenoxy) is 2. The summed E-state index contributed by atoms with van der Waals surface area (Å²) in [5.74, 6) is 0.292. The lowest BCUT2D eigenvalue weighted by atomic mass is 9.93. The van der Waals surface area contributed by atoms with Crippen molar-refractivity contribution in [2.24, 2.45) is 5.92 Å². The van der Waals surface area contributed by atoms with E-state index in [0.29, 0.717) is 25.6 Å². The molecule has 6 nitrogen and oxygen atoms in total. The minimum absolute atomic E-state index is 0.156. The number of hydrogen-bond acceptors (Lipinski definition) is 4. The van der Waals surface area contributed by atoms with E-state index in [1.807, 2.05) is 56.0 Å². The highest BCUT2D eigenvalue weighted by atomic mass is 16.6. The van der Waals surface area contributed by atoms with E-state index in [-0.39, 0.29) is 24.8 Å². The fraction of sp³-hybridized carbons (Fsp3) is 0.600. The van der Waals surface area contributed by atoms with Gasteiger partial charge in [-0.05, 0) is 45.1 Å². The molecule has 2 heterocycles. The lowest BCUT2D eigenvalue weighted by Crippen LogP contribution is -2.50. The Morgan fingerprint density at radius 3 is 2.50 bits per heavy atom. The number of rotatable bonds is 2. The van der Waals surface area contributed by atoms with E-state index in [1.54, 1.807) is 4.90 Å². The molecule has 2 atom stereocenters. The Morgan fingerprint density at radius 1 is 1.08 bits per heavy atom. The maximum atomic E-state index is 12.4. The second-order valence-electron chi connectivity index (χ2n) is 8.06. The smallest absolute Gasteiger partial charge is 0.410 e. The van der Waals surface area contributed by atoms with E-state index < -0.39 is 5.60 Å². The molecule has 0 aliphatic carbocycles. The van der Waals surface area contributed by atoms with Crippen molar-refractivity contribution in [2.45, 2.75) is 51.9 Å². The van der Waals surface area contributed by atoms with Gasteiger partial charge in [-0.15, -0.1) is 0 Å². The van der Waals surface area contributed by atoms with Gasteiger partial charge in [0.25, 0.3) is 0 Å². The van der Waals surface area contributed by atoms with Crippen LogP contribution < -0.4 is 0 Å². The SMILES string of the molecule is CC(C)(C)OC(=O)N1CC[C@@H]2CN(C(=O)OCc3ccccc3)CC[C@@H]21. The maximum Gasteiger partial charge on any atom is 0.410 e. The summed E-state index contributed by atoms with van der Waals surface area (Å²) in [5.41, 5.74) is 0.490. The molecule has 0 bridgehead atoms. The predicted molar refractivity (Wildman–Crippen MR) is 97.7 cm³/mol. The molecule has 0 unspecified atom stereocenters. The van der Waals surface area contributed by atoms with Gasteiger partial charge in [-0.2, -0.15) is 0 Å². The monoisotopic (exact) mass is 360 g/mol. The van der Waals surface area contributed by atoms with Crippen LogP contribution in [0.4, 0.5) is 9.59 Å². The summed E-state index contributed by atoms with van der Waals surface area (Å²) >= 11 is 0. The molecule has 1 aromatic rings. The van der Waals surface area contributed by atoms with E-state index >= 15 is 0 Å². The van der Waals surface area contributed by atoms with Gasteiger partial charge in [-0.25, -0.2) is 9.59 Å². The minimum atomic E-state index is -0.489. The average Bonchev–Trinajstić information content (AvgIpc) is 3.02. The zero-order chi connectivity index (χ0) is 18.7. The molecule has 1 aromatic carbocycles. The zero-order valence-electron chi connectivity index (χ0n) is 15.8. The molecule has 2 saturated heterocycles. The molecule has 0 radical (unpaired) electrons. The number of nitrogens with zero attached hydrogens (tertiary/aromatic N) is 2. The summed E-state index contributed by atoms with van der Waals surface area (Å²) in [4.78, 5) is 28.4. The molecular formula is C20H28N2O4. The second-order valence-corrected chi connectivity index (χ2v) is 8.06. The van der Waals surface area contributed by atoms with Crippen molar-refractivity contribution in [1.82, 2.24) is 9.80 Å². The van der Waals surface area contributed by atoms with Crippen molar-refractivity contribution in [1.29, 1.82) is 0 Å². The number of carbonyl (C=O) groups excluding carboxylic acids is 2. The topological polar surface area (TPSA) is 59.1 Å². The third-order valence-corrected chi connectivity index (χ3v) is 4.93. The Bertz CT molecular complexity index is 641. The lowest BCUT2D eigenvalue weighted by molar-refractivity contribution is 0.0136. The van der Waals surface area contributed by atoms with Gasteiger partial charge in [0.2, 0.25) is 0 Å². The normalized spacial score (nSPS) is 22.7. The first-order chi connectivity index (χ1) is 12.3. The highest BCUT2D eigenvalue weighted by molar-refractivity contribution is 5.70. The Balaban J connectivity index is 1.51. The molecule has 142 valence electrons. The van der Waals surface area contributed by atoms with Gasteiger partial charge >= 0.3 is 12.2 Å². The quantitative estimate of drug-likeness (QED) is 0.808. The molecular weight excluding hydrogens is 332 g/mol. The molecule has 3 rings (SSSR count). The third-order valence-electron chi connectivity index (χ3n) is 4.93. The van der Waals surface area contributed by atoms with Gasteiger partial charge in [-0.3, -0.25) is 0 Å². The van der Waals surface area contributed by atoms with Crippen LogP contribution in [-0.4, -0.2) is 53.3 Å². The minimum Gasteiger partial charge on any atom is -0.445 e. The van der Waals surface area contributed by atoms with Gasteiger partial charge in [0.1, 0.15) is 12.2 Å². The van der Waals surface area contributed by atoms with Crippen LogP contribution in [0.2, 0.25) is 0 Å². The molecule has 26 heavy (non-hydrogen) atoms. The first-order valence-electron chi connectivity index (χ1n) is 9.29. The van der Waals surface area contributed by atoms with Gasteiger partial charge in [-0.1, -0.05) is 30.3 Å². The lowest BCUT2D eigenvalue weighted by Gasteiger charge is -2.37. The van der Waals surface area contributed by atoms with Crippen molar-refractivity contribution in [2.75, 3.05) is 19.6 Å². The molecule has 0 saturated carbocycles. The molecule has 2 fully saturated rings. The number of fused-ring (bicyclic) bond motifs is 1. The molecule has 0 aromatic heterocycles. The first-order valence-corrected chi connectivity index (χ1v) is 9.29. The zero-order valence-corrected chi connectivity index (χ0v) is 15.8. The Morgan fingerprint density at radius 2 is 1.81 bits per heavy atom. The average molecular weight is 360 g/mol. The van der Waals surface area contributed by atoms with E-state index in [4.69, 9.17) is 9.47 Å². The van der Waals surface area contributed by atoms with Crippen LogP contribution in [0.15, 0.2) is 30.3 Å². The standard InChI is InChI=1S/C20H28N2O4/c1-20(2,3)26-19(24)22-12-9-16-13-21(11-10-17(16)22)18(23)25-14-15-7-5-4-6-8-15/h4-8,16-17H,9-14H2,1-3H3/t16-,17+/m1/s1. The molecule has 0 N–H and O–H groups in total. The van der Waals surface area contributed by atoms with E-state index in [1.165, 1.54) is 0 Å². The van der Waals surface area contributed by atoms with E-state index in [9.17, 15) is 9.59 Å². The Labute approximate surface area is 155 Å². The number of carbonyl (C=O) groups is 2. The summed E-state index contributed by atoms with van der Waals surface area (Å²) in [6.07, 6.45) is 1.14. The van der Waals surface area contributed by atoms with Crippen LogP contribution in [0.3, 0.4) is 0 Å². The number of amides is 2. The highest BCUT2D eigenvalue weighted by Crippen LogP contribution is 2.32.